The van der Waals surface area contributed by atoms with Crippen LogP contribution in [0, 0.1) is 5.82 Å². The lowest BCUT2D eigenvalue weighted by atomic mass is 10.0. The number of benzene rings is 2. The van der Waals surface area contributed by atoms with Crippen molar-refractivity contribution in [2.75, 3.05) is 5.73 Å². The summed E-state index contributed by atoms with van der Waals surface area (Å²) in [5, 5.41) is -0.115. The molecule has 0 aliphatic carbocycles. The Morgan fingerprint density at radius 2 is 1.83 bits per heavy atom. The number of para-hydroxylation sites is 1. The molecule has 2 N–H and O–H groups in total. The predicted molar refractivity (Wildman–Crippen MR) is 73.4 cm³/mol. The summed E-state index contributed by atoms with van der Waals surface area (Å²) in [5.41, 5.74) is 6.16. The van der Waals surface area contributed by atoms with Crippen LogP contribution in [-0.4, -0.2) is 5.78 Å². The third kappa shape index (κ3) is 2.26. The second kappa shape index (κ2) is 5.08. The average Bonchev–Trinajstić information content (AvgIpc) is 2.36. The highest BCUT2D eigenvalue weighted by molar-refractivity contribution is 9.10. The van der Waals surface area contributed by atoms with E-state index in [2.05, 4.69) is 15.9 Å². The molecule has 2 aromatic carbocycles. The first-order valence-corrected chi connectivity index (χ1v) is 6.22. The highest BCUT2D eigenvalue weighted by Crippen LogP contribution is 2.29. The topological polar surface area (TPSA) is 43.1 Å². The van der Waals surface area contributed by atoms with E-state index in [-0.39, 0.29) is 16.1 Å². The molecular formula is C13H8BrClFNO. The van der Waals surface area contributed by atoms with E-state index >= 15 is 0 Å². The molecule has 18 heavy (non-hydrogen) atoms. The van der Waals surface area contributed by atoms with E-state index < -0.39 is 11.6 Å². The molecular weight excluding hydrogens is 321 g/mol. The van der Waals surface area contributed by atoms with Crippen LogP contribution in [0.3, 0.4) is 0 Å². The molecule has 0 aliphatic heterocycles. The molecule has 0 aliphatic rings. The number of nitrogen functional groups attached to an aromatic ring is 1. The SMILES string of the molecule is Nc1ccccc1C(=O)c1ccc(Br)c(Cl)c1F. The van der Waals surface area contributed by atoms with Gasteiger partial charge in [-0.15, -0.1) is 0 Å². The minimum Gasteiger partial charge on any atom is -0.398 e. The summed E-state index contributed by atoms with van der Waals surface area (Å²) in [4.78, 5) is 12.2. The predicted octanol–water partition coefficient (Wildman–Crippen LogP) is 4.05. The van der Waals surface area contributed by atoms with Crippen molar-refractivity contribution in [3.63, 3.8) is 0 Å². The largest absolute Gasteiger partial charge is 0.398 e. The Kier molecular flexibility index (Phi) is 3.68. The number of carbonyl (C=O) groups is 1. The lowest BCUT2D eigenvalue weighted by Gasteiger charge is -2.07. The molecule has 0 atom stereocenters. The Morgan fingerprint density at radius 3 is 2.50 bits per heavy atom. The number of nitrogens with two attached hydrogens (primary N) is 1. The zero-order valence-electron chi connectivity index (χ0n) is 9.08. The van der Waals surface area contributed by atoms with Gasteiger partial charge in [0.15, 0.2) is 11.6 Å². The van der Waals surface area contributed by atoms with Crippen LogP contribution in [0.15, 0.2) is 40.9 Å². The van der Waals surface area contributed by atoms with Gasteiger partial charge in [0.25, 0.3) is 0 Å². The maximum absolute atomic E-state index is 13.9. The van der Waals surface area contributed by atoms with Gasteiger partial charge >= 0.3 is 0 Å². The van der Waals surface area contributed by atoms with Gasteiger partial charge in [0.1, 0.15) is 0 Å². The van der Waals surface area contributed by atoms with E-state index in [1.807, 2.05) is 0 Å². The number of carbonyl (C=O) groups excluding carboxylic acids is 1. The van der Waals surface area contributed by atoms with Crippen LogP contribution in [0.2, 0.25) is 5.02 Å². The Hall–Kier alpha value is -1.39. The van der Waals surface area contributed by atoms with Crippen LogP contribution >= 0.6 is 27.5 Å². The van der Waals surface area contributed by atoms with Crippen LogP contribution in [-0.2, 0) is 0 Å². The molecule has 0 aromatic heterocycles. The standard InChI is InChI=1S/C13H8BrClFNO/c14-9-6-5-8(12(16)11(9)15)13(18)7-3-1-2-4-10(7)17/h1-6H,17H2. The van der Waals surface area contributed by atoms with Crippen LogP contribution < -0.4 is 5.73 Å². The molecule has 92 valence electrons. The average molecular weight is 329 g/mol. The van der Waals surface area contributed by atoms with Gasteiger partial charge in [-0.3, -0.25) is 4.79 Å². The molecule has 2 nitrogen and oxygen atoms in total. The first-order valence-electron chi connectivity index (χ1n) is 5.05. The highest BCUT2D eigenvalue weighted by atomic mass is 79.9. The fourth-order valence-corrected chi connectivity index (χ4v) is 2.02. The summed E-state index contributed by atoms with van der Waals surface area (Å²) >= 11 is 8.84. The van der Waals surface area contributed by atoms with Crippen molar-refractivity contribution < 1.29 is 9.18 Å². The van der Waals surface area contributed by atoms with Gasteiger partial charge < -0.3 is 5.73 Å². The van der Waals surface area contributed by atoms with Crippen LogP contribution in [0.1, 0.15) is 15.9 Å². The molecule has 0 heterocycles. The van der Waals surface area contributed by atoms with Crippen molar-refractivity contribution >= 4 is 39.0 Å². The van der Waals surface area contributed by atoms with E-state index in [0.717, 1.165) is 0 Å². The quantitative estimate of drug-likeness (QED) is 0.513. The van der Waals surface area contributed by atoms with Gasteiger partial charge in [-0.1, -0.05) is 23.7 Å². The zero-order chi connectivity index (χ0) is 13.3. The van der Waals surface area contributed by atoms with Gasteiger partial charge in [-0.25, -0.2) is 4.39 Å². The highest BCUT2D eigenvalue weighted by Gasteiger charge is 2.19. The summed E-state index contributed by atoms with van der Waals surface area (Å²) in [6.45, 7) is 0. The smallest absolute Gasteiger partial charge is 0.198 e. The summed E-state index contributed by atoms with van der Waals surface area (Å²) in [7, 11) is 0. The monoisotopic (exact) mass is 327 g/mol. The zero-order valence-corrected chi connectivity index (χ0v) is 11.4. The third-order valence-corrected chi connectivity index (χ3v) is 3.74. The summed E-state index contributed by atoms with van der Waals surface area (Å²) in [6.07, 6.45) is 0. The van der Waals surface area contributed by atoms with Crippen molar-refractivity contribution in [1.29, 1.82) is 0 Å². The molecule has 2 aromatic rings. The summed E-state index contributed by atoms with van der Waals surface area (Å²) in [5.74, 6) is -1.24. The lowest BCUT2D eigenvalue weighted by molar-refractivity contribution is 0.103. The normalized spacial score (nSPS) is 10.4. The van der Waals surface area contributed by atoms with Gasteiger partial charge in [0.05, 0.1) is 10.6 Å². The number of anilines is 1. The third-order valence-electron chi connectivity index (χ3n) is 2.49. The van der Waals surface area contributed by atoms with Crippen molar-refractivity contribution in [1.82, 2.24) is 0 Å². The van der Waals surface area contributed by atoms with Crippen molar-refractivity contribution in [2.45, 2.75) is 0 Å². The molecule has 0 fully saturated rings. The molecule has 2 rings (SSSR count). The first kappa shape index (κ1) is 13.1. The molecule has 5 heteroatoms. The van der Waals surface area contributed by atoms with Gasteiger partial charge in [0.2, 0.25) is 0 Å². The van der Waals surface area contributed by atoms with E-state index in [9.17, 15) is 9.18 Å². The molecule has 0 radical (unpaired) electrons. The van der Waals surface area contributed by atoms with Gasteiger partial charge in [-0.05, 0) is 40.2 Å². The van der Waals surface area contributed by atoms with E-state index in [1.165, 1.54) is 12.1 Å². The fourth-order valence-electron chi connectivity index (χ4n) is 1.55. The minimum atomic E-state index is -0.751. The molecule has 0 spiro atoms. The number of ketones is 1. The van der Waals surface area contributed by atoms with Gasteiger partial charge in [0, 0.05) is 15.7 Å². The summed E-state index contributed by atoms with van der Waals surface area (Å²) in [6, 6.07) is 9.41. The maximum Gasteiger partial charge on any atom is 0.198 e. The number of hydrogen-bond acceptors (Lipinski definition) is 2. The van der Waals surface area contributed by atoms with Gasteiger partial charge in [-0.2, -0.15) is 0 Å². The van der Waals surface area contributed by atoms with Crippen LogP contribution in [0.25, 0.3) is 0 Å². The Bertz CT molecular complexity index is 630. The van der Waals surface area contributed by atoms with E-state index in [0.29, 0.717) is 10.2 Å². The fraction of sp³-hybridized carbons (Fsp3) is 0. The Morgan fingerprint density at radius 1 is 1.17 bits per heavy atom. The maximum atomic E-state index is 13.9. The van der Waals surface area contributed by atoms with E-state index in [1.54, 1.807) is 24.3 Å². The number of halogens is 3. The van der Waals surface area contributed by atoms with E-state index in [4.69, 9.17) is 17.3 Å². The second-order valence-corrected chi connectivity index (χ2v) is 4.87. The van der Waals surface area contributed by atoms with Crippen LogP contribution in [0.5, 0.6) is 0 Å². The Balaban J connectivity index is 2.54. The molecule has 0 saturated carbocycles. The molecule has 0 unspecified atom stereocenters. The Labute approximate surface area is 117 Å². The summed E-state index contributed by atoms with van der Waals surface area (Å²) < 4.78 is 14.3. The molecule has 0 amide bonds. The molecule has 0 saturated heterocycles. The first-order chi connectivity index (χ1) is 8.52. The van der Waals surface area contributed by atoms with Crippen LogP contribution in [0.4, 0.5) is 10.1 Å². The van der Waals surface area contributed by atoms with Crippen molar-refractivity contribution in [3.05, 3.63) is 62.8 Å². The minimum absolute atomic E-state index is 0.0962. The second-order valence-electron chi connectivity index (χ2n) is 3.64. The lowest BCUT2D eigenvalue weighted by Crippen LogP contribution is -2.07. The number of hydrogen-bond donors (Lipinski definition) is 1. The van der Waals surface area contributed by atoms with Crippen molar-refractivity contribution in [2.24, 2.45) is 0 Å². The molecule has 0 bridgehead atoms. The number of rotatable bonds is 2. The van der Waals surface area contributed by atoms with Crippen molar-refractivity contribution in [3.8, 4) is 0 Å².